The van der Waals surface area contributed by atoms with E-state index in [1.807, 2.05) is 0 Å². The Kier molecular flexibility index (Phi) is 3.48. The first-order valence-corrected chi connectivity index (χ1v) is 8.02. The number of hydrogen-bond acceptors (Lipinski definition) is 4. The number of anilines is 2. The van der Waals surface area contributed by atoms with Gasteiger partial charge in [-0.2, -0.15) is 0 Å². The van der Waals surface area contributed by atoms with Crippen LogP contribution in [0.25, 0.3) is 0 Å². The summed E-state index contributed by atoms with van der Waals surface area (Å²) in [6, 6.07) is 5.10. The third-order valence-corrected chi connectivity index (χ3v) is 4.52. The van der Waals surface area contributed by atoms with Crippen molar-refractivity contribution in [3.63, 3.8) is 0 Å². The van der Waals surface area contributed by atoms with Crippen LogP contribution in [0, 0.1) is 0 Å². The quantitative estimate of drug-likeness (QED) is 0.913. The Labute approximate surface area is 139 Å². The molecule has 4 rings (SSSR count). The molecule has 7 heteroatoms. The summed E-state index contributed by atoms with van der Waals surface area (Å²) in [6.07, 6.45) is 4.87. The van der Waals surface area contributed by atoms with E-state index in [-0.39, 0.29) is 18.4 Å². The molecule has 0 fully saturated rings. The Balaban J connectivity index is 1.59. The zero-order chi connectivity index (χ0) is 16.7. The zero-order valence-corrected chi connectivity index (χ0v) is 13.4. The zero-order valence-electron chi connectivity index (χ0n) is 13.4. The highest BCUT2D eigenvalue weighted by Crippen LogP contribution is 2.32. The lowest BCUT2D eigenvalue weighted by molar-refractivity contribution is -0.120. The first-order valence-electron chi connectivity index (χ1n) is 8.02. The van der Waals surface area contributed by atoms with Crippen LogP contribution in [0.3, 0.4) is 0 Å². The van der Waals surface area contributed by atoms with Crippen molar-refractivity contribution in [2.24, 2.45) is 0 Å². The molecular weight excluding hydrogens is 308 g/mol. The van der Waals surface area contributed by atoms with Gasteiger partial charge in [0, 0.05) is 25.6 Å². The molecule has 0 radical (unpaired) electrons. The standard InChI is InChI=1S/C17H18N4O3/c1-20-12-8-11(5-6-13(12)24-10-16(20)22)17(23)19-15-9-18-14-4-2-3-7-21(14)15/h5-6,8-9H,2-4,7,10H2,1H3,(H,19,23). The van der Waals surface area contributed by atoms with Gasteiger partial charge in [0.25, 0.3) is 11.8 Å². The molecule has 1 N–H and O–H groups in total. The molecule has 24 heavy (non-hydrogen) atoms. The van der Waals surface area contributed by atoms with Crippen LogP contribution in [-0.4, -0.2) is 35.0 Å². The van der Waals surface area contributed by atoms with Crippen LogP contribution in [0.4, 0.5) is 11.5 Å². The Morgan fingerprint density at radius 3 is 3.08 bits per heavy atom. The van der Waals surface area contributed by atoms with Crippen LogP contribution in [0.5, 0.6) is 5.75 Å². The molecule has 3 heterocycles. The van der Waals surface area contributed by atoms with Gasteiger partial charge in [0.05, 0.1) is 11.9 Å². The Morgan fingerprint density at radius 1 is 1.33 bits per heavy atom. The van der Waals surface area contributed by atoms with E-state index in [1.165, 1.54) is 4.90 Å². The number of nitrogens with one attached hydrogen (secondary N) is 1. The van der Waals surface area contributed by atoms with E-state index in [0.29, 0.717) is 22.8 Å². The van der Waals surface area contributed by atoms with Crippen molar-refractivity contribution >= 4 is 23.3 Å². The third-order valence-electron chi connectivity index (χ3n) is 4.52. The molecule has 0 unspecified atom stereocenters. The second kappa shape index (κ2) is 5.67. The van der Waals surface area contributed by atoms with Crippen LogP contribution in [0.1, 0.15) is 29.0 Å². The summed E-state index contributed by atoms with van der Waals surface area (Å²) < 4.78 is 7.44. The number of amides is 2. The molecule has 7 nitrogen and oxygen atoms in total. The molecule has 0 atom stereocenters. The minimum atomic E-state index is -0.225. The molecule has 2 aliphatic rings. The largest absolute Gasteiger partial charge is 0.482 e. The number of fused-ring (bicyclic) bond motifs is 2. The fourth-order valence-corrected chi connectivity index (χ4v) is 3.12. The number of aryl methyl sites for hydroxylation is 1. The molecule has 1 aromatic heterocycles. The van der Waals surface area contributed by atoms with Gasteiger partial charge in [-0.05, 0) is 31.0 Å². The number of benzene rings is 1. The molecule has 124 valence electrons. The number of carbonyl (C=O) groups excluding carboxylic acids is 2. The monoisotopic (exact) mass is 326 g/mol. The maximum absolute atomic E-state index is 12.6. The summed E-state index contributed by atoms with van der Waals surface area (Å²) >= 11 is 0. The van der Waals surface area contributed by atoms with Crippen molar-refractivity contribution in [1.29, 1.82) is 0 Å². The molecule has 0 bridgehead atoms. The molecule has 0 saturated carbocycles. The number of likely N-dealkylation sites (N-methyl/N-ethyl adjacent to an activating group) is 1. The highest BCUT2D eigenvalue weighted by molar-refractivity contribution is 6.06. The van der Waals surface area contributed by atoms with Gasteiger partial charge < -0.3 is 19.5 Å². The summed E-state index contributed by atoms with van der Waals surface area (Å²) in [5.74, 6) is 1.98. The van der Waals surface area contributed by atoms with Gasteiger partial charge in [0.2, 0.25) is 0 Å². The summed E-state index contributed by atoms with van der Waals surface area (Å²) in [4.78, 5) is 30.2. The van der Waals surface area contributed by atoms with E-state index >= 15 is 0 Å². The number of ether oxygens (including phenoxy) is 1. The summed E-state index contributed by atoms with van der Waals surface area (Å²) in [6.45, 7) is 0.900. The van der Waals surface area contributed by atoms with Crippen molar-refractivity contribution in [2.75, 3.05) is 23.9 Å². The van der Waals surface area contributed by atoms with Crippen LogP contribution in [-0.2, 0) is 17.8 Å². The molecule has 2 amide bonds. The number of hydrogen-bond donors (Lipinski definition) is 1. The van der Waals surface area contributed by atoms with Gasteiger partial charge in [-0.15, -0.1) is 0 Å². The second-order valence-electron chi connectivity index (χ2n) is 6.05. The SMILES string of the molecule is CN1C(=O)COc2ccc(C(=O)Nc3cnc4n3CCCC4)cc21. The minimum absolute atomic E-state index is 0.0248. The molecular formula is C17H18N4O3. The van der Waals surface area contributed by atoms with Gasteiger partial charge in [-0.25, -0.2) is 4.98 Å². The Hall–Kier alpha value is -2.83. The Morgan fingerprint density at radius 2 is 2.21 bits per heavy atom. The van der Waals surface area contributed by atoms with Crippen molar-refractivity contribution in [1.82, 2.24) is 9.55 Å². The lowest BCUT2D eigenvalue weighted by atomic mass is 10.1. The first-order chi connectivity index (χ1) is 11.6. The maximum Gasteiger partial charge on any atom is 0.264 e. The van der Waals surface area contributed by atoms with Gasteiger partial charge in [0.1, 0.15) is 17.4 Å². The van der Waals surface area contributed by atoms with E-state index < -0.39 is 0 Å². The smallest absolute Gasteiger partial charge is 0.264 e. The van der Waals surface area contributed by atoms with Gasteiger partial charge >= 0.3 is 0 Å². The van der Waals surface area contributed by atoms with Gasteiger partial charge in [0.15, 0.2) is 6.61 Å². The van der Waals surface area contributed by atoms with Gasteiger partial charge in [-0.1, -0.05) is 0 Å². The molecule has 2 aromatic rings. The van der Waals surface area contributed by atoms with E-state index in [0.717, 1.165) is 31.6 Å². The maximum atomic E-state index is 12.6. The summed E-state index contributed by atoms with van der Waals surface area (Å²) in [5.41, 5.74) is 1.08. The molecule has 1 aromatic carbocycles. The van der Waals surface area contributed by atoms with Crippen molar-refractivity contribution in [3.05, 3.63) is 35.8 Å². The van der Waals surface area contributed by atoms with Crippen LogP contribution >= 0.6 is 0 Å². The topological polar surface area (TPSA) is 76.5 Å². The number of carbonyl (C=O) groups is 2. The Bertz CT molecular complexity index is 827. The van der Waals surface area contributed by atoms with Crippen LogP contribution in [0.2, 0.25) is 0 Å². The fourth-order valence-electron chi connectivity index (χ4n) is 3.12. The van der Waals surface area contributed by atoms with E-state index in [1.54, 1.807) is 31.4 Å². The summed E-state index contributed by atoms with van der Waals surface area (Å²) in [5, 5.41) is 2.92. The minimum Gasteiger partial charge on any atom is -0.482 e. The van der Waals surface area contributed by atoms with Crippen molar-refractivity contribution < 1.29 is 14.3 Å². The van der Waals surface area contributed by atoms with Gasteiger partial charge in [-0.3, -0.25) is 9.59 Å². The normalized spacial score (nSPS) is 16.2. The summed E-state index contributed by atoms with van der Waals surface area (Å²) in [7, 11) is 1.68. The lowest BCUT2D eigenvalue weighted by Crippen LogP contribution is -2.35. The molecule has 0 aliphatic carbocycles. The average Bonchev–Trinajstić information content (AvgIpc) is 3.01. The number of rotatable bonds is 2. The third kappa shape index (κ3) is 2.42. The van der Waals surface area contributed by atoms with E-state index in [4.69, 9.17) is 4.74 Å². The van der Waals surface area contributed by atoms with E-state index in [2.05, 4.69) is 14.9 Å². The number of aromatic nitrogens is 2. The van der Waals surface area contributed by atoms with E-state index in [9.17, 15) is 9.59 Å². The molecule has 0 spiro atoms. The first kappa shape index (κ1) is 14.7. The average molecular weight is 326 g/mol. The van der Waals surface area contributed by atoms with Crippen LogP contribution < -0.4 is 15.0 Å². The van der Waals surface area contributed by atoms with Crippen molar-refractivity contribution in [3.8, 4) is 5.75 Å². The van der Waals surface area contributed by atoms with Crippen LogP contribution in [0.15, 0.2) is 24.4 Å². The molecule has 2 aliphatic heterocycles. The number of imidazole rings is 1. The fraction of sp³-hybridized carbons (Fsp3) is 0.353. The van der Waals surface area contributed by atoms with Crippen molar-refractivity contribution in [2.45, 2.75) is 25.8 Å². The molecule has 0 saturated heterocycles. The lowest BCUT2D eigenvalue weighted by Gasteiger charge is -2.26. The highest BCUT2D eigenvalue weighted by Gasteiger charge is 2.24. The highest BCUT2D eigenvalue weighted by atomic mass is 16.5. The number of nitrogens with zero attached hydrogens (tertiary/aromatic N) is 3. The second-order valence-corrected chi connectivity index (χ2v) is 6.05. The predicted molar refractivity (Wildman–Crippen MR) is 88.5 cm³/mol. The predicted octanol–water partition coefficient (Wildman–Crippen LogP) is 1.83.